The number of ether oxygens (including phenoxy) is 1. The van der Waals surface area contributed by atoms with Crippen LogP contribution in [0.15, 0.2) is 53.7 Å². The van der Waals surface area contributed by atoms with Crippen molar-refractivity contribution < 1.29 is 18.3 Å². The molecule has 1 fully saturated rings. The lowest BCUT2D eigenvalue weighted by molar-refractivity contribution is -0.0229. The Balaban J connectivity index is 1.78. The van der Waals surface area contributed by atoms with Crippen molar-refractivity contribution in [3.63, 3.8) is 0 Å². The normalized spacial score (nSPS) is 18.0. The molecule has 1 atom stereocenters. The highest BCUT2D eigenvalue weighted by Crippen LogP contribution is 2.29. The van der Waals surface area contributed by atoms with E-state index in [1.807, 2.05) is 30.3 Å². The van der Waals surface area contributed by atoms with Crippen LogP contribution in [-0.4, -0.2) is 41.2 Å². The van der Waals surface area contributed by atoms with Gasteiger partial charge in [-0.3, -0.25) is 4.79 Å². The fraction of sp³-hybridized carbons (Fsp3) is 0.294. The molecule has 0 saturated carbocycles. The number of aromatic nitrogens is 1. The Hall–Kier alpha value is -1.99. The molecule has 0 aliphatic carbocycles. The molecule has 126 valence electrons. The number of pyridine rings is 1. The molecule has 2 heterocycles. The zero-order valence-corrected chi connectivity index (χ0v) is 13.6. The van der Waals surface area contributed by atoms with Gasteiger partial charge >= 0.3 is 0 Å². The van der Waals surface area contributed by atoms with E-state index in [0.717, 1.165) is 5.56 Å². The zero-order valence-electron chi connectivity index (χ0n) is 12.8. The van der Waals surface area contributed by atoms with Gasteiger partial charge in [-0.2, -0.15) is 8.78 Å². The maximum absolute atomic E-state index is 12.8. The lowest BCUT2D eigenvalue weighted by Gasteiger charge is -2.33. The third-order valence-electron chi connectivity index (χ3n) is 3.73. The number of halogens is 2. The van der Waals surface area contributed by atoms with Crippen LogP contribution >= 0.6 is 11.8 Å². The van der Waals surface area contributed by atoms with E-state index in [1.165, 1.54) is 12.3 Å². The molecule has 1 unspecified atom stereocenters. The molecule has 1 aliphatic rings. The lowest BCUT2D eigenvalue weighted by Crippen LogP contribution is -2.42. The molecule has 7 heteroatoms. The minimum Gasteiger partial charge on any atom is -0.370 e. The Morgan fingerprint density at radius 2 is 2.04 bits per heavy atom. The number of carbonyl (C=O) groups is 1. The minimum absolute atomic E-state index is 0.0558. The van der Waals surface area contributed by atoms with E-state index in [-0.39, 0.29) is 22.6 Å². The molecule has 0 N–H and O–H groups in total. The molecular formula is C17H16F2N2O2S. The first-order chi connectivity index (χ1) is 11.6. The van der Waals surface area contributed by atoms with Crippen molar-refractivity contribution in [3.8, 4) is 0 Å². The van der Waals surface area contributed by atoms with Crippen LogP contribution in [0.3, 0.4) is 0 Å². The topological polar surface area (TPSA) is 42.4 Å². The Morgan fingerprint density at radius 1 is 1.25 bits per heavy atom. The molecule has 0 radical (unpaired) electrons. The van der Waals surface area contributed by atoms with Gasteiger partial charge in [-0.25, -0.2) is 4.98 Å². The second-order valence-electron chi connectivity index (χ2n) is 5.26. The predicted octanol–water partition coefficient (Wildman–Crippen LogP) is 3.61. The largest absolute Gasteiger partial charge is 0.370 e. The van der Waals surface area contributed by atoms with E-state index in [1.54, 1.807) is 11.0 Å². The summed E-state index contributed by atoms with van der Waals surface area (Å²) in [7, 11) is 0. The van der Waals surface area contributed by atoms with Gasteiger partial charge in [-0.15, -0.1) is 0 Å². The first kappa shape index (κ1) is 16.9. The average molecular weight is 350 g/mol. The number of alkyl halides is 2. The standard InChI is InChI=1S/C17H16F2N2O2S/c18-17(19)24-15-13(7-4-8-20-15)16(22)21-9-10-23-14(11-21)12-5-2-1-3-6-12/h1-8,14,17H,9-11H2. The molecule has 0 spiro atoms. The van der Waals surface area contributed by atoms with Crippen molar-refractivity contribution in [3.05, 3.63) is 59.8 Å². The first-order valence-corrected chi connectivity index (χ1v) is 8.39. The molecule has 3 rings (SSSR count). The Morgan fingerprint density at radius 3 is 2.79 bits per heavy atom. The molecule has 1 aromatic carbocycles. The first-order valence-electron chi connectivity index (χ1n) is 7.51. The van der Waals surface area contributed by atoms with Crippen molar-refractivity contribution in [2.45, 2.75) is 16.9 Å². The summed E-state index contributed by atoms with van der Waals surface area (Å²) >= 11 is 0.291. The minimum atomic E-state index is -2.62. The number of hydrogen-bond donors (Lipinski definition) is 0. The van der Waals surface area contributed by atoms with Crippen LogP contribution in [0.5, 0.6) is 0 Å². The molecule has 0 bridgehead atoms. The van der Waals surface area contributed by atoms with Gasteiger partial charge in [0.25, 0.3) is 11.7 Å². The average Bonchev–Trinajstić information content (AvgIpc) is 2.62. The van der Waals surface area contributed by atoms with Crippen molar-refractivity contribution in [2.24, 2.45) is 0 Å². The SMILES string of the molecule is O=C(c1cccnc1SC(F)F)N1CCOC(c2ccccc2)C1. The van der Waals surface area contributed by atoms with Gasteiger partial charge < -0.3 is 9.64 Å². The van der Waals surface area contributed by atoms with E-state index < -0.39 is 5.76 Å². The van der Waals surface area contributed by atoms with E-state index >= 15 is 0 Å². The second kappa shape index (κ2) is 7.72. The van der Waals surface area contributed by atoms with Crippen LogP contribution in [0.25, 0.3) is 0 Å². The third kappa shape index (κ3) is 3.91. The van der Waals surface area contributed by atoms with Crippen LogP contribution in [0.1, 0.15) is 22.0 Å². The fourth-order valence-electron chi connectivity index (χ4n) is 2.61. The Kier molecular flexibility index (Phi) is 5.42. The maximum atomic E-state index is 12.8. The maximum Gasteiger partial charge on any atom is 0.290 e. The summed E-state index contributed by atoms with van der Waals surface area (Å²) in [6.07, 6.45) is 1.19. The van der Waals surface area contributed by atoms with Crippen LogP contribution in [0, 0.1) is 0 Å². The molecule has 1 saturated heterocycles. The van der Waals surface area contributed by atoms with Crippen LogP contribution < -0.4 is 0 Å². The zero-order chi connectivity index (χ0) is 16.9. The van der Waals surface area contributed by atoms with Crippen molar-refractivity contribution in [2.75, 3.05) is 19.7 Å². The number of amides is 1. The van der Waals surface area contributed by atoms with Gasteiger partial charge in [0.05, 0.1) is 18.7 Å². The van der Waals surface area contributed by atoms with Gasteiger partial charge in [-0.1, -0.05) is 30.3 Å². The predicted molar refractivity (Wildman–Crippen MR) is 87.1 cm³/mol. The summed E-state index contributed by atoms with van der Waals surface area (Å²) in [5, 5.41) is 0.0558. The number of benzene rings is 1. The summed E-state index contributed by atoms with van der Waals surface area (Å²) in [5.74, 6) is -2.91. The highest BCUT2D eigenvalue weighted by atomic mass is 32.2. The van der Waals surface area contributed by atoms with E-state index in [0.29, 0.717) is 31.5 Å². The quantitative estimate of drug-likeness (QED) is 0.790. The molecule has 4 nitrogen and oxygen atoms in total. The van der Waals surface area contributed by atoms with Crippen molar-refractivity contribution >= 4 is 17.7 Å². The number of thioether (sulfide) groups is 1. The van der Waals surface area contributed by atoms with Crippen LogP contribution in [0.4, 0.5) is 8.78 Å². The molecule has 24 heavy (non-hydrogen) atoms. The Labute approximate surface area is 142 Å². The van der Waals surface area contributed by atoms with Gasteiger partial charge in [0.1, 0.15) is 11.1 Å². The second-order valence-corrected chi connectivity index (χ2v) is 6.23. The van der Waals surface area contributed by atoms with Crippen LogP contribution in [0.2, 0.25) is 0 Å². The summed E-state index contributed by atoms with van der Waals surface area (Å²) < 4.78 is 31.1. The molecule has 1 aliphatic heterocycles. The van der Waals surface area contributed by atoms with E-state index in [4.69, 9.17) is 4.74 Å². The summed E-state index contributed by atoms with van der Waals surface area (Å²) in [6, 6.07) is 12.8. The number of morpholine rings is 1. The van der Waals surface area contributed by atoms with Gasteiger partial charge in [-0.05, 0) is 29.5 Å². The number of rotatable bonds is 4. The van der Waals surface area contributed by atoms with Crippen molar-refractivity contribution in [1.29, 1.82) is 0 Å². The van der Waals surface area contributed by atoms with Gasteiger partial charge in [0, 0.05) is 12.7 Å². The number of hydrogen-bond acceptors (Lipinski definition) is 4. The van der Waals surface area contributed by atoms with E-state index in [2.05, 4.69) is 4.98 Å². The Bertz CT molecular complexity index is 700. The fourth-order valence-corrected chi connectivity index (χ4v) is 3.18. The lowest BCUT2D eigenvalue weighted by atomic mass is 10.1. The monoisotopic (exact) mass is 350 g/mol. The molecule has 2 aromatic rings. The van der Waals surface area contributed by atoms with Gasteiger partial charge in [0.2, 0.25) is 0 Å². The third-order valence-corrected chi connectivity index (χ3v) is 4.45. The highest BCUT2D eigenvalue weighted by Gasteiger charge is 2.28. The van der Waals surface area contributed by atoms with E-state index in [9.17, 15) is 13.6 Å². The smallest absolute Gasteiger partial charge is 0.290 e. The number of nitrogens with zero attached hydrogens (tertiary/aromatic N) is 2. The highest BCUT2D eigenvalue weighted by molar-refractivity contribution is 7.99. The van der Waals surface area contributed by atoms with Crippen molar-refractivity contribution in [1.82, 2.24) is 9.88 Å². The molecule has 1 aromatic heterocycles. The number of carbonyl (C=O) groups excluding carboxylic acids is 1. The van der Waals surface area contributed by atoms with Gasteiger partial charge in [0.15, 0.2) is 0 Å². The summed E-state index contributed by atoms with van der Waals surface area (Å²) in [6.45, 7) is 1.22. The van der Waals surface area contributed by atoms with Crippen LogP contribution in [-0.2, 0) is 4.74 Å². The molecular weight excluding hydrogens is 334 g/mol. The summed E-state index contributed by atoms with van der Waals surface area (Å²) in [4.78, 5) is 18.3. The molecule has 1 amide bonds. The summed E-state index contributed by atoms with van der Waals surface area (Å²) in [5.41, 5.74) is 1.19.